The van der Waals surface area contributed by atoms with Gasteiger partial charge < -0.3 is 52.8 Å². The lowest BCUT2D eigenvalue weighted by Crippen LogP contribution is -2.56. The van der Waals surface area contributed by atoms with Crippen molar-refractivity contribution in [3.8, 4) is 28.7 Å². The van der Waals surface area contributed by atoms with Crippen LogP contribution in [-0.4, -0.2) is 105 Å². The minimum Gasteiger partial charge on any atom is -0.492 e. The van der Waals surface area contributed by atoms with Gasteiger partial charge in [-0.1, -0.05) is 38.3 Å². The van der Waals surface area contributed by atoms with Gasteiger partial charge in [0.2, 0.25) is 23.6 Å². The molecule has 1 aliphatic heterocycles. The fourth-order valence-electron chi connectivity index (χ4n) is 7.07. The lowest BCUT2D eigenvalue weighted by molar-refractivity contribution is -0.141. The van der Waals surface area contributed by atoms with E-state index in [4.69, 9.17) is 31.9 Å². The quantitative estimate of drug-likeness (QED) is 0.0492. The molecule has 0 saturated heterocycles. The zero-order valence-electron chi connectivity index (χ0n) is 36.1. The first-order chi connectivity index (χ1) is 29.9. The zero-order chi connectivity index (χ0) is 45.2. The van der Waals surface area contributed by atoms with Crippen LogP contribution in [0, 0.1) is 18.3 Å². The Kier molecular flexibility index (Phi) is 19.5. The van der Waals surface area contributed by atoms with Crippen molar-refractivity contribution >= 4 is 41.3 Å². The SMILES string of the molecule is CCCCCCSc1ccc(C(=O)N[C@@H](CCN)C(=O)N(C)[C@@H]2C(=O)N[C@@H](C)C(=O)N[C@H](C(=O)NCC#N)Cc3ccc(OCCN)c(c3)-c3cc2ccc3OCCN)c(C)c1. The number of hydrogen-bond acceptors (Lipinski definition) is 12. The molecule has 3 aromatic carbocycles. The number of rotatable bonds is 20. The molecule has 334 valence electrons. The molecule has 5 amide bonds. The summed E-state index contributed by atoms with van der Waals surface area (Å²) >= 11 is 1.74. The number of benzene rings is 3. The van der Waals surface area contributed by atoms with Crippen molar-refractivity contribution in [3.05, 3.63) is 76.9 Å². The van der Waals surface area contributed by atoms with E-state index in [9.17, 15) is 24.0 Å². The van der Waals surface area contributed by atoms with Crippen LogP contribution in [0.15, 0.2) is 59.5 Å². The summed E-state index contributed by atoms with van der Waals surface area (Å²) in [5.41, 5.74) is 20.8. The maximum absolute atomic E-state index is 14.6. The minimum atomic E-state index is -1.36. The number of nitriles is 1. The average molecular weight is 872 g/mol. The summed E-state index contributed by atoms with van der Waals surface area (Å²) in [6.45, 7) is 5.96. The molecule has 62 heavy (non-hydrogen) atoms. The molecule has 0 unspecified atom stereocenters. The summed E-state index contributed by atoms with van der Waals surface area (Å²) < 4.78 is 12.2. The van der Waals surface area contributed by atoms with Gasteiger partial charge in [0.05, 0.1) is 6.07 Å². The van der Waals surface area contributed by atoms with Crippen molar-refractivity contribution in [1.82, 2.24) is 26.2 Å². The highest BCUT2D eigenvalue weighted by Crippen LogP contribution is 2.40. The van der Waals surface area contributed by atoms with Crippen LogP contribution < -0.4 is 47.9 Å². The molecule has 4 rings (SSSR count). The number of ether oxygens (including phenoxy) is 2. The maximum Gasteiger partial charge on any atom is 0.252 e. The number of nitrogens with one attached hydrogen (secondary N) is 4. The van der Waals surface area contributed by atoms with E-state index < -0.39 is 53.7 Å². The van der Waals surface area contributed by atoms with E-state index in [1.165, 1.54) is 38.1 Å². The fourth-order valence-corrected chi connectivity index (χ4v) is 8.07. The van der Waals surface area contributed by atoms with Gasteiger partial charge in [0.25, 0.3) is 5.91 Å². The first-order valence-corrected chi connectivity index (χ1v) is 22.0. The summed E-state index contributed by atoms with van der Waals surface area (Å²) in [5.74, 6) is -1.31. The first kappa shape index (κ1) is 49.0. The van der Waals surface area contributed by atoms with Crippen LogP contribution in [0.5, 0.6) is 11.5 Å². The molecule has 4 atom stereocenters. The lowest BCUT2D eigenvalue weighted by atomic mass is 9.93. The molecule has 0 radical (unpaired) electrons. The van der Waals surface area contributed by atoms with Gasteiger partial charge in [0.15, 0.2) is 0 Å². The third kappa shape index (κ3) is 13.4. The molecule has 16 nitrogen and oxygen atoms in total. The number of thioether (sulfide) groups is 1. The number of aryl methyl sites for hydroxylation is 1. The van der Waals surface area contributed by atoms with Crippen LogP contribution in [0.4, 0.5) is 0 Å². The Morgan fingerprint density at radius 1 is 0.919 bits per heavy atom. The van der Waals surface area contributed by atoms with Gasteiger partial charge in [0.1, 0.15) is 55.4 Å². The van der Waals surface area contributed by atoms with Gasteiger partial charge in [-0.3, -0.25) is 24.0 Å². The number of hydrogen-bond donors (Lipinski definition) is 7. The predicted octanol–water partition coefficient (Wildman–Crippen LogP) is 2.84. The molecule has 3 aromatic rings. The number of nitrogens with zero attached hydrogens (tertiary/aromatic N) is 2. The van der Waals surface area contributed by atoms with Gasteiger partial charge in [-0.2, -0.15) is 5.26 Å². The van der Waals surface area contributed by atoms with Crippen molar-refractivity contribution in [3.63, 3.8) is 0 Å². The first-order valence-electron chi connectivity index (χ1n) is 21.1. The van der Waals surface area contributed by atoms with Crippen LogP contribution in [0.2, 0.25) is 0 Å². The van der Waals surface area contributed by atoms with Gasteiger partial charge in [-0.25, -0.2) is 0 Å². The number of nitrogens with two attached hydrogens (primary N) is 3. The monoisotopic (exact) mass is 871 g/mol. The summed E-state index contributed by atoms with van der Waals surface area (Å²) in [7, 11) is 1.44. The fraction of sp³-hybridized carbons (Fsp3) is 0.467. The van der Waals surface area contributed by atoms with Gasteiger partial charge in [0, 0.05) is 48.1 Å². The molecule has 1 aliphatic rings. The number of carbonyl (C=O) groups excluding carboxylic acids is 5. The molecule has 0 saturated carbocycles. The molecule has 4 bridgehead atoms. The zero-order valence-corrected chi connectivity index (χ0v) is 36.9. The van der Waals surface area contributed by atoms with Crippen molar-refractivity contribution in [2.24, 2.45) is 17.2 Å². The van der Waals surface area contributed by atoms with Gasteiger partial charge in [-0.15, -0.1) is 11.8 Å². The molecule has 0 fully saturated rings. The molecule has 17 heteroatoms. The second-order valence-electron chi connectivity index (χ2n) is 15.1. The van der Waals surface area contributed by atoms with Crippen molar-refractivity contribution in [1.29, 1.82) is 5.26 Å². The van der Waals surface area contributed by atoms with Crippen LogP contribution in [-0.2, 0) is 25.6 Å². The van der Waals surface area contributed by atoms with Crippen molar-refractivity contribution in [2.45, 2.75) is 88.4 Å². The highest BCUT2D eigenvalue weighted by molar-refractivity contribution is 7.99. The average Bonchev–Trinajstić information content (AvgIpc) is 3.26. The van der Waals surface area contributed by atoms with E-state index in [-0.39, 0.29) is 52.2 Å². The number of carbonyl (C=O) groups is 5. The molecular weight excluding hydrogens is 811 g/mol. The molecule has 1 heterocycles. The molecular formula is C45H61N9O7S. The topological polar surface area (TPSA) is 257 Å². The van der Waals surface area contributed by atoms with Crippen LogP contribution >= 0.6 is 11.8 Å². The van der Waals surface area contributed by atoms with Crippen molar-refractivity contribution < 1.29 is 33.4 Å². The van der Waals surface area contributed by atoms with Crippen LogP contribution in [0.25, 0.3) is 11.1 Å². The third-order valence-electron chi connectivity index (χ3n) is 10.3. The minimum absolute atomic E-state index is 0.0163. The van der Waals surface area contributed by atoms with E-state index in [1.807, 2.05) is 25.1 Å². The number of amides is 5. The second-order valence-corrected chi connectivity index (χ2v) is 16.2. The largest absolute Gasteiger partial charge is 0.492 e. The van der Waals surface area contributed by atoms with E-state index >= 15 is 0 Å². The number of fused-ring (bicyclic) bond motifs is 5. The Balaban J connectivity index is 1.78. The highest BCUT2D eigenvalue weighted by Gasteiger charge is 2.36. The summed E-state index contributed by atoms with van der Waals surface area (Å²) in [6.07, 6.45) is 4.72. The molecule has 0 aliphatic carbocycles. The third-order valence-corrected chi connectivity index (χ3v) is 11.4. The molecule has 0 spiro atoms. The summed E-state index contributed by atoms with van der Waals surface area (Å²) in [4.78, 5) is 72.1. The summed E-state index contributed by atoms with van der Waals surface area (Å²) in [5, 5.41) is 20.0. The Hall–Kier alpha value is -5.67. The van der Waals surface area contributed by atoms with Crippen LogP contribution in [0.1, 0.15) is 79.0 Å². The Morgan fingerprint density at radius 2 is 1.61 bits per heavy atom. The number of unbranched alkanes of at least 4 members (excludes halogenated alkanes) is 3. The molecule has 10 N–H and O–H groups in total. The summed E-state index contributed by atoms with van der Waals surface area (Å²) in [6, 6.07) is 12.9. The Labute approximate surface area is 368 Å². The smallest absolute Gasteiger partial charge is 0.252 e. The van der Waals surface area contributed by atoms with E-state index in [0.29, 0.717) is 39.3 Å². The molecule has 0 aromatic heterocycles. The Bertz CT molecular complexity index is 2080. The highest BCUT2D eigenvalue weighted by atomic mass is 32.2. The normalized spacial score (nSPS) is 16.7. The van der Waals surface area contributed by atoms with E-state index in [0.717, 1.165) is 22.6 Å². The lowest BCUT2D eigenvalue weighted by Gasteiger charge is -2.32. The van der Waals surface area contributed by atoms with Gasteiger partial charge in [-0.05, 0) is 98.1 Å². The number of likely N-dealkylation sites (N-methyl/N-ethyl adjacent to an activating group) is 1. The Morgan fingerprint density at radius 3 is 2.26 bits per heavy atom. The van der Waals surface area contributed by atoms with E-state index in [1.54, 1.807) is 54.2 Å². The van der Waals surface area contributed by atoms with Crippen LogP contribution in [0.3, 0.4) is 0 Å². The van der Waals surface area contributed by atoms with E-state index in [2.05, 4.69) is 28.2 Å². The van der Waals surface area contributed by atoms with Gasteiger partial charge >= 0.3 is 0 Å². The maximum atomic E-state index is 14.6. The van der Waals surface area contributed by atoms with Crippen molar-refractivity contribution in [2.75, 3.05) is 52.2 Å². The predicted molar refractivity (Wildman–Crippen MR) is 239 cm³/mol. The second kappa shape index (κ2) is 24.7. The standard InChI is InChI=1S/C45H61N9O7S/c1-5-6-7-8-23-62-32-11-12-33(28(2)24-32)42(56)52-36(15-16-46)45(59)54(4)40-31-10-14-39(61-22-19-49)35(27-31)34-25-30(9-13-38(34)60-21-18-48)26-37(43(57)50-20-17-47)53-41(55)29(3)51-44(40)58/h9-14,24-25,27,29,36-37,40H,5-8,15-16,18-23,26,46,48-49H2,1-4H3,(H,50,57)(H,51,58)(H,52,56)(H,53,55)/t29-,36-,37-,40-/m0/s1.